The lowest BCUT2D eigenvalue weighted by molar-refractivity contribution is 1.47. The highest BCUT2D eigenvalue weighted by molar-refractivity contribution is 7.07. The van der Waals surface area contributed by atoms with Gasteiger partial charge in [-0.05, 0) is 11.5 Å². The molecule has 0 aliphatic heterocycles. The smallest absolute Gasteiger partial charge is 0.0727 e. The van der Waals surface area contributed by atoms with Crippen molar-refractivity contribution in [2.24, 2.45) is 4.99 Å². The van der Waals surface area contributed by atoms with E-state index in [1.54, 1.807) is 25.5 Å². The third kappa shape index (κ3) is 1.30. The van der Waals surface area contributed by atoms with Gasteiger partial charge in [0.2, 0.25) is 0 Å². The van der Waals surface area contributed by atoms with E-state index < -0.39 is 0 Å². The standard InChI is InChI=1S/C7H8N2S/c1-3-6-4-9-10-7(6)5-8-2/h3-5H,1H2,2H3/b8-5-. The zero-order chi connectivity index (χ0) is 7.40. The Hall–Kier alpha value is -0.960. The molecule has 0 saturated heterocycles. The minimum atomic E-state index is 1.05. The van der Waals surface area contributed by atoms with Gasteiger partial charge in [-0.25, -0.2) is 0 Å². The minimum Gasteiger partial charge on any atom is -0.295 e. The highest BCUT2D eigenvalue weighted by Gasteiger charge is 1.96. The van der Waals surface area contributed by atoms with Gasteiger partial charge in [0.25, 0.3) is 0 Å². The molecule has 0 radical (unpaired) electrons. The first-order valence-electron chi connectivity index (χ1n) is 2.87. The summed E-state index contributed by atoms with van der Waals surface area (Å²) in [6.45, 7) is 3.65. The van der Waals surface area contributed by atoms with Crippen LogP contribution in [-0.4, -0.2) is 17.6 Å². The molecule has 1 aromatic heterocycles. The Morgan fingerprint density at radius 2 is 2.60 bits per heavy atom. The molecule has 3 heteroatoms. The summed E-state index contributed by atoms with van der Waals surface area (Å²) in [7, 11) is 1.74. The molecule has 0 fully saturated rings. The Labute approximate surface area is 64.1 Å². The molecule has 0 atom stereocenters. The molecule has 1 heterocycles. The van der Waals surface area contributed by atoms with Crippen molar-refractivity contribution in [3.8, 4) is 0 Å². The predicted molar refractivity (Wildman–Crippen MR) is 45.7 cm³/mol. The van der Waals surface area contributed by atoms with Gasteiger partial charge in [-0.3, -0.25) is 4.99 Å². The molecule has 1 rings (SSSR count). The van der Waals surface area contributed by atoms with Crippen LogP contribution in [0.4, 0.5) is 0 Å². The second kappa shape index (κ2) is 3.27. The number of aliphatic imine (C=N–C) groups is 1. The van der Waals surface area contributed by atoms with Crippen molar-refractivity contribution in [2.75, 3.05) is 7.05 Å². The quantitative estimate of drug-likeness (QED) is 0.593. The van der Waals surface area contributed by atoms with Gasteiger partial charge in [-0.1, -0.05) is 12.7 Å². The first kappa shape index (κ1) is 7.15. The highest BCUT2D eigenvalue weighted by atomic mass is 32.1. The topological polar surface area (TPSA) is 25.2 Å². The summed E-state index contributed by atoms with van der Waals surface area (Å²) in [5.41, 5.74) is 1.05. The largest absolute Gasteiger partial charge is 0.295 e. The summed E-state index contributed by atoms with van der Waals surface area (Å²) in [6, 6.07) is 0. The fourth-order valence-corrected chi connectivity index (χ4v) is 1.30. The molecule has 1 aromatic rings. The van der Waals surface area contributed by atoms with Crippen LogP contribution in [0.25, 0.3) is 6.08 Å². The van der Waals surface area contributed by atoms with E-state index in [2.05, 4.69) is 15.9 Å². The molecule has 0 aromatic carbocycles. The van der Waals surface area contributed by atoms with Crippen molar-refractivity contribution in [2.45, 2.75) is 0 Å². The summed E-state index contributed by atoms with van der Waals surface area (Å²) >= 11 is 1.43. The first-order valence-corrected chi connectivity index (χ1v) is 3.65. The molecule has 0 aliphatic rings. The Balaban J connectivity index is 3.00. The third-order valence-electron chi connectivity index (χ3n) is 1.09. The molecular weight excluding hydrogens is 144 g/mol. The van der Waals surface area contributed by atoms with E-state index in [0.29, 0.717) is 0 Å². The average Bonchev–Trinajstić information content (AvgIpc) is 2.36. The van der Waals surface area contributed by atoms with Gasteiger partial charge in [0, 0.05) is 25.0 Å². The molecule has 10 heavy (non-hydrogen) atoms. The van der Waals surface area contributed by atoms with Crippen LogP contribution in [0.15, 0.2) is 17.8 Å². The molecule has 0 unspecified atom stereocenters. The van der Waals surface area contributed by atoms with Crippen molar-refractivity contribution in [3.05, 3.63) is 23.2 Å². The average molecular weight is 152 g/mol. The van der Waals surface area contributed by atoms with Crippen molar-refractivity contribution in [1.29, 1.82) is 0 Å². The Morgan fingerprint density at radius 1 is 1.80 bits per heavy atom. The molecule has 0 amide bonds. The van der Waals surface area contributed by atoms with Crippen LogP contribution in [0.2, 0.25) is 0 Å². The number of hydrogen-bond donors (Lipinski definition) is 0. The SMILES string of the molecule is C=Cc1cnsc1/C=N\C. The maximum Gasteiger partial charge on any atom is 0.0727 e. The normalized spacial score (nSPS) is 10.5. The molecule has 0 saturated carbocycles. The highest BCUT2D eigenvalue weighted by Crippen LogP contribution is 2.11. The monoisotopic (exact) mass is 152 g/mol. The fraction of sp³-hybridized carbons (Fsp3) is 0.143. The van der Waals surface area contributed by atoms with E-state index in [-0.39, 0.29) is 0 Å². The summed E-state index contributed by atoms with van der Waals surface area (Å²) in [5, 5.41) is 0. The molecular formula is C7H8N2S. The lowest BCUT2D eigenvalue weighted by Gasteiger charge is -1.83. The van der Waals surface area contributed by atoms with E-state index in [1.807, 2.05) is 0 Å². The summed E-state index contributed by atoms with van der Waals surface area (Å²) in [4.78, 5) is 4.95. The van der Waals surface area contributed by atoms with Crippen molar-refractivity contribution >= 4 is 23.8 Å². The van der Waals surface area contributed by atoms with Crippen molar-refractivity contribution in [3.63, 3.8) is 0 Å². The third-order valence-corrected chi connectivity index (χ3v) is 1.84. The van der Waals surface area contributed by atoms with E-state index in [4.69, 9.17) is 0 Å². The fourth-order valence-electron chi connectivity index (χ4n) is 0.625. The maximum atomic E-state index is 3.99. The summed E-state index contributed by atoms with van der Waals surface area (Å²) < 4.78 is 3.99. The van der Waals surface area contributed by atoms with E-state index in [0.717, 1.165) is 10.4 Å². The van der Waals surface area contributed by atoms with Crippen molar-refractivity contribution < 1.29 is 0 Å². The van der Waals surface area contributed by atoms with Crippen LogP contribution in [0, 0.1) is 0 Å². The number of hydrogen-bond acceptors (Lipinski definition) is 3. The van der Waals surface area contributed by atoms with Gasteiger partial charge in [0.05, 0.1) is 4.88 Å². The molecule has 0 spiro atoms. The van der Waals surface area contributed by atoms with Crippen LogP contribution < -0.4 is 0 Å². The second-order valence-electron chi connectivity index (χ2n) is 1.74. The van der Waals surface area contributed by atoms with E-state index in [9.17, 15) is 0 Å². The van der Waals surface area contributed by atoms with Gasteiger partial charge in [0.1, 0.15) is 0 Å². The number of rotatable bonds is 2. The molecule has 0 N–H and O–H groups in total. The Bertz CT molecular complexity index is 250. The summed E-state index contributed by atoms with van der Waals surface area (Å²) in [6.07, 6.45) is 5.35. The zero-order valence-electron chi connectivity index (χ0n) is 5.74. The van der Waals surface area contributed by atoms with Gasteiger partial charge in [-0.15, -0.1) is 0 Å². The Morgan fingerprint density at radius 3 is 3.20 bits per heavy atom. The minimum absolute atomic E-state index is 1.05. The predicted octanol–water partition coefficient (Wildman–Crippen LogP) is 1.83. The number of aromatic nitrogens is 1. The summed E-state index contributed by atoms with van der Waals surface area (Å²) in [5.74, 6) is 0. The van der Waals surface area contributed by atoms with Crippen LogP contribution in [0.1, 0.15) is 10.4 Å². The van der Waals surface area contributed by atoms with Crippen LogP contribution in [-0.2, 0) is 0 Å². The van der Waals surface area contributed by atoms with Crippen molar-refractivity contribution in [1.82, 2.24) is 4.37 Å². The van der Waals surface area contributed by atoms with Crippen LogP contribution in [0.5, 0.6) is 0 Å². The molecule has 52 valence electrons. The molecule has 0 aliphatic carbocycles. The van der Waals surface area contributed by atoms with E-state index >= 15 is 0 Å². The van der Waals surface area contributed by atoms with Crippen LogP contribution in [0.3, 0.4) is 0 Å². The molecule has 0 bridgehead atoms. The van der Waals surface area contributed by atoms with Gasteiger partial charge < -0.3 is 0 Å². The first-order chi connectivity index (χ1) is 4.88. The van der Waals surface area contributed by atoms with Crippen LogP contribution >= 0.6 is 11.5 Å². The van der Waals surface area contributed by atoms with E-state index in [1.165, 1.54) is 11.5 Å². The Kier molecular flexibility index (Phi) is 2.34. The maximum absolute atomic E-state index is 3.99. The second-order valence-corrected chi connectivity index (χ2v) is 2.57. The number of nitrogens with zero attached hydrogens (tertiary/aromatic N) is 2. The van der Waals surface area contributed by atoms with Gasteiger partial charge in [0.15, 0.2) is 0 Å². The molecule has 2 nitrogen and oxygen atoms in total. The zero-order valence-corrected chi connectivity index (χ0v) is 6.56. The lowest BCUT2D eigenvalue weighted by atomic mass is 10.3. The van der Waals surface area contributed by atoms with Gasteiger partial charge in [-0.2, -0.15) is 4.37 Å². The van der Waals surface area contributed by atoms with Gasteiger partial charge >= 0.3 is 0 Å². The lowest BCUT2D eigenvalue weighted by Crippen LogP contribution is -1.75.